The van der Waals surface area contributed by atoms with Crippen LogP contribution in [0.25, 0.3) is 0 Å². The number of amides is 1. The summed E-state index contributed by atoms with van der Waals surface area (Å²) >= 11 is 5.86. The van der Waals surface area contributed by atoms with Gasteiger partial charge in [-0.2, -0.15) is 0 Å². The van der Waals surface area contributed by atoms with E-state index in [0.29, 0.717) is 16.8 Å². The smallest absolute Gasteiger partial charge is 0.260 e. The fourth-order valence-corrected chi connectivity index (χ4v) is 2.41. The van der Waals surface area contributed by atoms with Crippen LogP contribution in [0.3, 0.4) is 0 Å². The third-order valence-electron chi connectivity index (χ3n) is 3.34. The van der Waals surface area contributed by atoms with Crippen LogP contribution in [-0.2, 0) is 4.79 Å². The summed E-state index contributed by atoms with van der Waals surface area (Å²) in [7, 11) is 1.93. The van der Waals surface area contributed by atoms with Gasteiger partial charge < -0.3 is 15.0 Å². The molecule has 1 heterocycles. The predicted octanol–water partition coefficient (Wildman–Crippen LogP) is 2.35. The minimum absolute atomic E-state index is 0. The van der Waals surface area contributed by atoms with Crippen LogP contribution in [0.15, 0.2) is 24.3 Å². The molecular formula is C14H20Cl2N2O2. The Hall–Kier alpha value is -0.970. The molecule has 0 spiro atoms. The number of likely N-dealkylation sites (tertiary alicyclic amines) is 1. The molecule has 1 aromatic rings. The van der Waals surface area contributed by atoms with Gasteiger partial charge in [-0.15, -0.1) is 12.4 Å². The number of benzene rings is 1. The average molecular weight is 319 g/mol. The van der Waals surface area contributed by atoms with Crippen LogP contribution < -0.4 is 10.1 Å². The lowest BCUT2D eigenvalue weighted by atomic mass is 10.1. The Morgan fingerprint density at radius 1 is 1.55 bits per heavy atom. The maximum absolute atomic E-state index is 12.1. The molecule has 0 radical (unpaired) electrons. The highest BCUT2D eigenvalue weighted by Crippen LogP contribution is 2.17. The van der Waals surface area contributed by atoms with Gasteiger partial charge in [0.15, 0.2) is 6.61 Å². The van der Waals surface area contributed by atoms with Crippen molar-refractivity contribution < 1.29 is 9.53 Å². The number of rotatable bonds is 4. The van der Waals surface area contributed by atoms with E-state index >= 15 is 0 Å². The molecule has 20 heavy (non-hydrogen) atoms. The lowest BCUT2D eigenvalue weighted by Crippen LogP contribution is -2.48. The summed E-state index contributed by atoms with van der Waals surface area (Å²) in [6.45, 7) is 1.64. The first kappa shape index (κ1) is 17.1. The normalized spacial score (nSPS) is 18.3. The average Bonchev–Trinajstić information content (AvgIpc) is 2.45. The molecule has 0 aliphatic carbocycles. The Morgan fingerprint density at radius 3 is 3.05 bits per heavy atom. The zero-order valence-electron chi connectivity index (χ0n) is 11.5. The van der Waals surface area contributed by atoms with Crippen molar-refractivity contribution in [2.24, 2.45) is 0 Å². The van der Waals surface area contributed by atoms with E-state index in [-0.39, 0.29) is 24.9 Å². The second kappa shape index (κ2) is 8.35. The lowest BCUT2D eigenvalue weighted by Gasteiger charge is -2.32. The van der Waals surface area contributed by atoms with Gasteiger partial charge >= 0.3 is 0 Å². The van der Waals surface area contributed by atoms with Crippen molar-refractivity contribution in [3.05, 3.63) is 29.3 Å². The summed E-state index contributed by atoms with van der Waals surface area (Å²) in [6.07, 6.45) is 2.16. The Kier molecular flexibility index (Phi) is 7.13. The van der Waals surface area contributed by atoms with Crippen molar-refractivity contribution in [1.29, 1.82) is 0 Å². The molecule has 0 aromatic heterocycles. The van der Waals surface area contributed by atoms with Crippen molar-refractivity contribution in [1.82, 2.24) is 10.2 Å². The highest BCUT2D eigenvalue weighted by Gasteiger charge is 2.22. The summed E-state index contributed by atoms with van der Waals surface area (Å²) in [6, 6.07) is 7.48. The molecule has 2 rings (SSSR count). The van der Waals surface area contributed by atoms with Gasteiger partial charge in [0.2, 0.25) is 0 Å². The van der Waals surface area contributed by atoms with E-state index in [9.17, 15) is 4.79 Å². The van der Waals surface area contributed by atoms with Gasteiger partial charge in [-0.3, -0.25) is 4.79 Å². The van der Waals surface area contributed by atoms with Gasteiger partial charge in [-0.05, 0) is 38.1 Å². The first-order valence-corrected chi connectivity index (χ1v) is 6.90. The standard InChI is InChI=1S/C14H19ClN2O2.ClH/c1-16-12-5-3-7-17(9-12)14(18)10-19-13-6-2-4-11(15)8-13;/h2,4,6,8,12,16H,3,5,7,9-10H2,1H3;1H. The van der Waals surface area contributed by atoms with E-state index < -0.39 is 0 Å². The largest absolute Gasteiger partial charge is 0.484 e. The Morgan fingerprint density at radius 2 is 2.35 bits per heavy atom. The Balaban J connectivity index is 0.00000200. The number of hydrogen-bond acceptors (Lipinski definition) is 3. The first-order valence-electron chi connectivity index (χ1n) is 6.52. The molecule has 112 valence electrons. The van der Waals surface area contributed by atoms with E-state index in [4.69, 9.17) is 16.3 Å². The van der Waals surface area contributed by atoms with Crippen molar-refractivity contribution in [2.45, 2.75) is 18.9 Å². The van der Waals surface area contributed by atoms with Crippen LogP contribution in [0.2, 0.25) is 5.02 Å². The van der Waals surface area contributed by atoms with E-state index in [0.717, 1.165) is 25.9 Å². The van der Waals surface area contributed by atoms with Crippen LogP contribution in [0, 0.1) is 0 Å². The summed E-state index contributed by atoms with van der Waals surface area (Å²) in [4.78, 5) is 13.9. The second-order valence-corrected chi connectivity index (χ2v) is 5.15. The zero-order valence-corrected chi connectivity index (χ0v) is 13.0. The Bertz CT molecular complexity index is 443. The number of halogens is 2. The highest BCUT2D eigenvalue weighted by atomic mass is 35.5. The third-order valence-corrected chi connectivity index (χ3v) is 3.58. The number of likely N-dealkylation sites (N-methyl/N-ethyl adjacent to an activating group) is 1. The quantitative estimate of drug-likeness (QED) is 0.926. The second-order valence-electron chi connectivity index (χ2n) is 4.71. The minimum atomic E-state index is 0. The number of carbonyl (C=O) groups excluding carboxylic acids is 1. The molecule has 0 bridgehead atoms. The van der Waals surface area contributed by atoms with E-state index in [1.165, 1.54) is 0 Å². The monoisotopic (exact) mass is 318 g/mol. The van der Waals surface area contributed by atoms with Gasteiger partial charge in [-0.1, -0.05) is 17.7 Å². The van der Waals surface area contributed by atoms with Crippen molar-refractivity contribution in [2.75, 3.05) is 26.7 Å². The van der Waals surface area contributed by atoms with Crippen LogP contribution in [0.5, 0.6) is 5.75 Å². The molecule has 6 heteroatoms. The predicted molar refractivity (Wildman–Crippen MR) is 82.9 cm³/mol. The van der Waals surface area contributed by atoms with Crippen LogP contribution >= 0.6 is 24.0 Å². The van der Waals surface area contributed by atoms with Gasteiger partial charge in [0.25, 0.3) is 5.91 Å². The van der Waals surface area contributed by atoms with E-state index in [1.54, 1.807) is 24.3 Å². The van der Waals surface area contributed by atoms with Gasteiger partial charge in [-0.25, -0.2) is 0 Å². The van der Waals surface area contributed by atoms with Crippen molar-refractivity contribution in [3.63, 3.8) is 0 Å². The van der Waals surface area contributed by atoms with Gasteiger partial charge in [0, 0.05) is 24.2 Å². The van der Waals surface area contributed by atoms with Crippen LogP contribution in [-0.4, -0.2) is 43.6 Å². The van der Waals surface area contributed by atoms with Gasteiger partial charge in [0.1, 0.15) is 5.75 Å². The van der Waals surface area contributed by atoms with E-state index in [2.05, 4.69) is 5.32 Å². The summed E-state index contributed by atoms with van der Waals surface area (Å²) in [5.74, 6) is 0.656. The molecule has 1 fully saturated rings. The number of carbonyl (C=O) groups is 1. The molecule has 1 saturated heterocycles. The molecule has 0 saturated carbocycles. The topological polar surface area (TPSA) is 41.6 Å². The highest BCUT2D eigenvalue weighted by molar-refractivity contribution is 6.30. The molecule has 1 N–H and O–H groups in total. The van der Waals surface area contributed by atoms with E-state index in [1.807, 2.05) is 11.9 Å². The molecule has 1 aliphatic heterocycles. The Labute approximate surface area is 130 Å². The summed E-state index contributed by atoms with van der Waals surface area (Å²) in [5, 5.41) is 3.83. The molecule has 1 aromatic carbocycles. The maximum atomic E-state index is 12.1. The molecule has 4 nitrogen and oxygen atoms in total. The molecule has 1 atom stereocenters. The summed E-state index contributed by atoms with van der Waals surface area (Å²) < 4.78 is 5.47. The number of piperidine rings is 1. The van der Waals surface area contributed by atoms with Crippen molar-refractivity contribution in [3.8, 4) is 5.75 Å². The van der Waals surface area contributed by atoms with Gasteiger partial charge in [0.05, 0.1) is 0 Å². The van der Waals surface area contributed by atoms with Crippen molar-refractivity contribution >= 4 is 29.9 Å². The van der Waals surface area contributed by atoms with Crippen LogP contribution in [0.4, 0.5) is 0 Å². The molecule has 1 amide bonds. The third kappa shape index (κ3) is 4.85. The fraction of sp³-hybridized carbons (Fsp3) is 0.500. The number of ether oxygens (including phenoxy) is 1. The summed E-state index contributed by atoms with van der Waals surface area (Å²) in [5.41, 5.74) is 0. The minimum Gasteiger partial charge on any atom is -0.484 e. The number of nitrogens with zero attached hydrogens (tertiary/aromatic N) is 1. The zero-order chi connectivity index (χ0) is 13.7. The molecular weight excluding hydrogens is 299 g/mol. The first-order chi connectivity index (χ1) is 9.19. The van der Waals surface area contributed by atoms with Crippen LogP contribution in [0.1, 0.15) is 12.8 Å². The number of nitrogens with one attached hydrogen (secondary N) is 1. The fourth-order valence-electron chi connectivity index (χ4n) is 2.23. The molecule has 1 unspecified atom stereocenters. The number of hydrogen-bond donors (Lipinski definition) is 1. The molecule has 1 aliphatic rings. The SMILES string of the molecule is CNC1CCCN(C(=O)COc2cccc(Cl)c2)C1.Cl. The maximum Gasteiger partial charge on any atom is 0.260 e. The lowest BCUT2D eigenvalue weighted by molar-refractivity contribution is -0.134.